The van der Waals surface area contributed by atoms with Crippen LogP contribution in [0.15, 0.2) is 29.1 Å². The Hall–Kier alpha value is -1.98. The normalized spacial score (nSPS) is 22.6. The van der Waals surface area contributed by atoms with Gasteiger partial charge in [0, 0.05) is 34.7 Å². The summed E-state index contributed by atoms with van der Waals surface area (Å²) in [6.07, 6.45) is -1.36. The van der Waals surface area contributed by atoms with Crippen LogP contribution in [-0.4, -0.2) is 17.1 Å². The van der Waals surface area contributed by atoms with Crippen LogP contribution in [0, 0.1) is 0 Å². The fourth-order valence-corrected chi connectivity index (χ4v) is 3.57. The van der Waals surface area contributed by atoms with E-state index < -0.39 is 17.3 Å². The Kier molecular flexibility index (Phi) is 3.86. The number of H-pyrrole nitrogens is 1. The molecule has 0 saturated carbocycles. The van der Waals surface area contributed by atoms with Crippen molar-refractivity contribution in [2.45, 2.75) is 51.4 Å². The van der Waals surface area contributed by atoms with Gasteiger partial charge in [-0.3, -0.25) is 4.79 Å². The fourth-order valence-electron chi connectivity index (χ4n) is 3.57. The summed E-state index contributed by atoms with van der Waals surface area (Å²) in [4.78, 5) is 16.1. The molecule has 2 heterocycles. The Morgan fingerprint density at radius 2 is 1.78 bits per heavy atom. The lowest BCUT2D eigenvalue weighted by molar-refractivity contribution is -0.136. The molecule has 3 rings (SSSR count). The summed E-state index contributed by atoms with van der Waals surface area (Å²) in [5.74, 6) is 0. The maximum atomic E-state index is 13.3. The third-order valence-corrected chi connectivity index (χ3v) is 4.62. The number of benzene rings is 1. The molecule has 23 heavy (non-hydrogen) atoms. The van der Waals surface area contributed by atoms with Gasteiger partial charge in [-0.25, -0.2) is 0 Å². The number of alkyl halides is 3. The molecule has 124 valence electrons. The lowest BCUT2D eigenvalue weighted by Crippen LogP contribution is -2.43. The summed E-state index contributed by atoms with van der Waals surface area (Å²) >= 11 is 0. The smallest absolute Gasteiger partial charge is 0.366 e. The minimum Gasteiger partial charge on any atom is -0.366 e. The van der Waals surface area contributed by atoms with Gasteiger partial charge in [0.05, 0.1) is 5.56 Å². The zero-order valence-electron chi connectivity index (χ0n) is 13.1. The number of pyridine rings is 1. The first-order chi connectivity index (χ1) is 10.8. The Morgan fingerprint density at radius 3 is 2.39 bits per heavy atom. The first kappa shape index (κ1) is 15.9. The molecule has 0 amide bonds. The largest absolute Gasteiger partial charge is 0.417 e. The van der Waals surface area contributed by atoms with Crippen molar-refractivity contribution in [1.29, 1.82) is 0 Å². The van der Waals surface area contributed by atoms with Gasteiger partial charge in [0.25, 0.3) is 0 Å². The molecule has 1 saturated heterocycles. The second-order valence-electron chi connectivity index (χ2n) is 6.31. The van der Waals surface area contributed by atoms with Crippen molar-refractivity contribution in [3.8, 4) is 0 Å². The summed E-state index contributed by atoms with van der Waals surface area (Å²) in [7, 11) is 0. The van der Waals surface area contributed by atoms with E-state index in [1.54, 1.807) is 18.2 Å². The van der Waals surface area contributed by atoms with Crippen molar-refractivity contribution in [2.75, 3.05) is 4.90 Å². The number of aromatic amines is 1. The number of anilines is 1. The van der Waals surface area contributed by atoms with Crippen molar-refractivity contribution in [3.05, 3.63) is 40.2 Å². The molecule has 3 nitrogen and oxygen atoms in total. The van der Waals surface area contributed by atoms with Crippen LogP contribution in [0.3, 0.4) is 0 Å². The van der Waals surface area contributed by atoms with E-state index in [1.807, 2.05) is 0 Å². The maximum Gasteiger partial charge on any atom is 0.417 e. The molecule has 2 atom stereocenters. The average molecular weight is 324 g/mol. The first-order valence-electron chi connectivity index (χ1n) is 7.80. The Bertz CT molecular complexity index is 771. The van der Waals surface area contributed by atoms with Gasteiger partial charge < -0.3 is 9.88 Å². The topological polar surface area (TPSA) is 36.1 Å². The number of halogens is 3. The molecule has 1 N–H and O–H groups in total. The van der Waals surface area contributed by atoms with Crippen LogP contribution in [0.4, 0.5) is 18.9 Å². The highest BCUT2D eigenvalue weighted by molar-refractivity contribution is 5.86. The maximum absolute atomic E-state index is 13.3. The highest BCUT2D eigenvalue weighted by Gasteiger charge is 2.34. The number of nitrogens with zero attached hydrogens (tertiary/aromatic N) is 1. The summed E-state index contributed by atoms with van der Waals surface area (Å²) in [5.41, 5.74) is -0.631. The Labute approximate surface area is 132 Å². The molecule has 0 aliphatic carbocycles. The molecule has 0 radical (unpaired) electrons. The number of nitrogens with one attached hydrogen (secondary N) is 1. The number of fused-ring (bicyclic) bond motifs is 1. The third kappa shape index (κ3) is 2.94. The quantitative estimate of drug-likeness (QED) is 0.848. The van der Waals surface area contributed by atoms with Crippen molar-refractivity contribution < 1.29 is 13.2 Å². The van der Waals surface area contributed by atoms with Crippen molar-refractivity contribution in [2.24, 2.45) is 0 Å². The summed E-state index contributed by atoms with van der Waals surface area (Å²) in [6, 6.07) is 6.11. The predicted octanol–water partition coefficient (Wildman–Crippen LogP) is 4.31. The van der Waals surface area contributed by atoms with Gasteiger partial charge in [-0.1, -0.05) is 0 Å². The van der Waals surface area contributed by atoms with E-state index >= 15 is 0 Å². The highest BCUT2D eigenvalue weighted by Crippen LogP contribution is 2.36. The summed E-state index contributed by atoms with van der Waals surface area (Å²) in [6.45, 7) is 4.19. The van der Waals surface area contributed by atoms with Crippen LogP contribution in [0.5, 0.6) is 0 Å². The van der Waals surface area contributed by atoms with E-state index in [0.29, 0.717) is 6.07 Å². The SMILES string of the molecule is C[C@H]1CCC[C@H](C)N1c1ccc2[nH]c(=O)cc(C(F)(F)F)c2c1. The Morgan fingerprint density at radius 1 is 1.13 bits per heavy atom. The van der Waals surface area contributed by atoms with Gasteiger partial charge in [-0.15, -0.1) is 0 Å². The van der Waals surface area contributed by atoms with Crippen LogP contribution in [0.1, 0.15) is 38.7 Å². The van der Waals surface area contributed by atoms with Crippen LogP contribution in [0.2, 0.25) is 0 Å². The second-order valence-corrected chi connectivity index (χ2v) is 6.31. The number of aromatic nitrogens is 1. The molecule has 0 bridgehead atoms. The number of hydrogen-bond acceptors (Lipinski definition) is 2. The molecular formula is C17H19F3N2O. The summed E-state index contributed by atoms with van der Waals surface area (Å²) in [5, 5.41) is 0.0413. The van der Waals surface area contributed by atoms with E-state index in [1.165, 1.54) is 0 Å². The zero-order valence-corrected chi connectivity index (χ0v) is 13.1. The minimum absolute atomic E-state index is 0.0413. The van der Waals surface area contributed by atoms with Crippen molar-refractivity contribution >= 4 is 16.6 Å². The van der Waals surface area contributed by atoms with Gasteiger partial charge in [-0.05, 0) is 51.3 Å². The minimum atomic E-state index is -4.55. The summed E-state index contributed by atoms with van der Waals surface area (Å²) < 4.78 is 39.8. The fraction of sp³-hybridized carbons (Fsp3) is 0.471. The van der Waals surface area contributed by atoms with Crippen LogP contribution in [-0.2, 0) is 6.18 Å². The number of hydrogen-bond donors (Lipinski definition) is 1. The molecule has 1 aromatic carbocycles. The van der Waals surface area contributed by atoms with Crippen LogP contribution >= 0.6 is 0 Å². The van der Waals surface area contributed by atoms with Crippen LogP contribution < -0.4 is 10.5 Å². The number of piperidine rings is 1. The van der Waals surface area contributed by atoms with Gasteiger partial charge in [0.2, 0.25) is 5.56 Å². The molecular weight excluding hydrogens is 305 g/mol. The van der Waals surface area contributed by atoms with Gasteiger partial charge in [0.15, 0.2) is 0 Å². The zero-order chi connectivity index (χ0) is 16.8. The molecule has 1 aromatic heterocycles. The van der Waals surface area contributed by atoms with Crippen molar-refractivity contribution in [1.82, 2.24) is 4.98 Å². The monoisotopic (exact) mass is 324 g/mol. The van der Waals surface area contributed by atoms with Crippen molar-refractivity contribution in [3.63, 3.8) is 0 Å². The molecule has 1 fully saturated rings. The van der Waals surface area contributed by atoms with E-state index in [-0.39, 0.29) is 23.0 Å². The van der Waals surface area contributed by atoms with E-state index in [9.17, 15) is 18.0 Å². The molecule has 0 spiro atoms. The van der Waals surface area contributed by atoms with Crippen LogP contribution in [0.25, 0.3) is 10.9 Å². The molecule has 0 unspecified atom stereocenters. The molecule has 1 aliphatic heterocycles. The van der Waals surface area contributed by atoms with Gasteiger partial charge in [0.1, 0.15) is 0 Å². The van der Waals surface area contributed by atoms with Gasteiger partial charge in [-0.2, -0.15) is 13.2 Å². The molecule has 2 aromatic rings. The number of rotatable bonds is 1. The molecule has 1 aliphatic rings. The Balaban J connectivity index is 2.18. The predicted molar refractivity (Wildman–Crippen MR) is 84.8 cm³/mol. The average Bonchev–Trinajstić information content (AvgIpc) is 2.45. The third-order valence-electron chi connectivity index (χ3n) is 4.62. The van der Waals surface area contributed by atoms with Gasteiger partial charge >= 0.3 is 6.18 Å². The highest BCUT2D eigenvalue weighted by atomic mass is 19.4. The lowest BCUT2D eigenvalue weighted by Gasteiger charge is -2.41. The standard InChI is InChI=1S/C17H19F3N2O/c1-10-4-3-5-11(2)22(10)12-6-7-15-13(8-12)14(17(18,19)20)9-16(23)21-15/h6-11H,3-5H2,1-2H3,(H,21,23)/t10-,11-/m0/s1. The van der Waals surface area contributed by atoms with E-state index in [2.05, 4.69) is 23.7 Å². The first-order valence-corrected chi connectivity index (χ1v) is 7.80. The van der Waals surface area contributed by atoms with E-state index in [4.69, 9.17) is 0 Å². The van der Waals surface area contributed by atoms with E-state index in [0.717, 1.165) is 24.9 Å². The lowest BCUT2D eigenvalue weighted by atomic mass is 9.96. The second kappa shape index (κ2) is 5.58. The molecule has 6 heteroatoms.